The van der Waals surface area contributed by atoms with Crippen LogP contribution in [0.3, 0.4) is 0 Å². The number of hydrogen-bond donors (Lipinski definition) is 1. The van der Waals surface area contributed by atoms with Crippen LogP contribution in [-0.4, -0.2) is 29.0 Å². The van der Waals surface area contributed by atoms with Gasteiger partial charge in [-0.3, -0.25) is 4.99 Å². The zero-order chi connectivity index (χ0) is 14.0. The third-order valence-electron chi connectivity index (χ3n) is 5.05. The van der Waals surface area contributed by atoms with Crippen LogP contribution in [0.4, 0.5) is 0 Å². The van der Waals surface area contributed by atoms with Crippen molar-refractivity contribution in [3.63, 3.8) is 0 Å². The molecular formula is C16H31N3. The van der Waals surface area contributed by atoms with Crippen LogP contribution in [0.1, 0.15) is 66.2 Å². The quantitative estimate of drug-likeness (QED) is 0.846. The highest BCUT2D eigenvalue weighted by Crippen LogP contribution is 2.42. The molecule has 1 fully saturated rings. The SMILES string of the molecule is CCC(C)N1C(N)=NCC12CCCC(CC(C)C)C2. The molecule has 1 saturated carbocycles. The Labute approximate surface area is 118 Å². The van der Waals surface area contributed by atoms with Gasteiger partial charge < -0.3 is 10.6 Å². The number of nitrogens with zero attached hydrogens (tertiary/aromatic N) is 2. The molecule has 0 radical (unpaired) electrons. The van der Waals surface area contributed by atoms with Crippen LogP contribution in [-0.2, 0) is 0 Å². The average molecular weight is 265 g/mol. The molecule has 3 atom stereocenters. The van der Waals surface area contributed by atoms with Crippen LogP contribution in [0.5, 0.6) is 0 Å². The highest BCUT2D eigenvalue weighted by Gasteiger charge is 2.46. The van der Waals surface area contributed by atoms with Gasteiger partial charge in [-0.15, -0.1) is 0 Å². The van der Waals surface area contributed by atoms with E-state index in [-0.39, 0.29) is 5.54 Å². The van der Waals surface area contributed by atoms with Crippen LogP contribution in [0, 0.1) is 11.8 Å². The first-order chi connectivity index (χ1) is 8.98. The summed E-state index contributed by atoms with van der Waals surface area (Å²) in [6, 6.07) is 0.518. The van der Waals surface area contributed by atoms with E-state index in [1.165, 1.54) is 32.1 Å². The molecule has 2 rings (SSSR count). The molecular weight excluding hydrogens is 234 g/mol. The monoisotopic (exact) mass is 265 g/mol. The Kier molecular flexibility index (Phi) is 4.42. The predicted octanol–water partition coefficient (Wildman–Crippen LogP) is 3.39. The summed E-state index contributed by atoms with van der Waals surface area (Å²) >= 11 is 0. The lowest BCUT2D eigenvalue weighted by Gasteiger charge is -2.47. The van der Waals surface area contributed by atoms with Crippen molar-refractivity contribution in [2.24, 2.45) is 22.6 Å². The first-order valence-electron chi connectivity index (χ1n) is 8.07. The number of guanidine groups is 1. The van der Waals surface area contributed by atoms with Gasteiger partial charge in [0.1, 0.15) is 0 Å². The molecule has 0 aromatic carbocycles. The molecule has 0 bridgehead atoms. The van der Waals surface area contributed by atoms with Crippen molar-refractivity contribution >= 4 is 5.96 Å². The fourth-order valence-corrected chi connectivity index (χ4v) is 4.19. The maximum atomic E-state index is 6.18. The smallest absolute Gasteiger partial charge is 0.192 e. The molecule has 0 amide bonds. The van der Waals surface area contributed by atoms with Crippen LogP contribution in [0.15, 0.2) is 4.99 Å². The number of rotatable bonds is 4. The average Bonchev–Trinajstić information content (AvgIpc) is 2.65. The van der Waals surface area contributed by atoms with Gasteiger partial charge in [-0.25, -0.2) is 0 Å². The Bertz CT molecular complexity index is 337. The van der Waals surface area contributed by atoms with Crippen molar-refractivity contribution in [2.45, 2.75) is 77.8 Å². The molecule has 3 heteroatoms. The maximum Gasteiger partial charge on any atom is 0.192 e. The second-order valence-corrected chi connectivity index (χ2v) is 7.12. The second-order valence-electron chi connectivity index (χ2n) is 7.12. The summed E-state index contributed by atoms with van der Waals surface area (Å²) < 4.78 is 0. The van der Waals surface area contributed by atoms with E-state index in [0.717, 1.165) is 30.8 Å². The minimum atomic E-state index is 0.247. The second kappa shape index (κ2) is 5.72. The topological polar surface area (TPSA) is 41.6 Å². The van der Waals surface area contributed by atoms with Crippen molar-refractivity contribution in [3.8, 4) is 0 Å². The van der Waals surface area contributed by atoms with Crippen LogP contribution in [0.25, 0.3) is 0 Å². The van der Waals surface area contributed by atoms with E-state index < -0.39 is 0 Å². The Hall–Kier alpha value is -0.730. The van der Waals surface area contributed by atoms with Crippen molar-refractivity contribution in [2.75, 3.05) is 6.54 Å². The third-order valence-corrected chi connectivity index (χ3v) is 5.05. The fourth-order valence-electron chi connectivity index (χ4n) is 4.19. The minimum absolute atomic E-state index is 0.247. The first kappa shape index (κ1) is 14.7. The summed E-state index contributed by atoms with van der Waals surface area (Å²) in [4.78, 5) is 7.06. The third kappa shape index (κ3) is 2.90. The Morgan fingerprint density at radius 2 is 2.16 bits per heavy atom. The number of aliphatic imine (C=N–C) groups is 1. The molecule has 3 unspecified atom stereocenters. The van der Waals surface area contributed by atoms with Crippen LogP contribution >= 0.6 is 0 Å². The van der Waals surface area contributed by atoms with E-state index >= 15 is 0 Å². The van der Waals surface area contributed by atoms with Crippen molar-refractivity contribution in [1.82, 2.24) is 4.90 Å². The molecule has 1 aliphatic heterocycles. The van der Waals surface area contributed by atoms with Gasteiger partial charge in [-0.1, -0.05) is 33.6 Å². The Morgan fingerprint density at radius 3 is 2.79 bits per heavy atom. The number of hydrogen-bond acceptors (Lipinski definition) is 3. The van der Waals surface area contributed by atoms with Gasteiger partial charge in [0.15, 0.2) is 5.96 Å². The van der Waals surface area contributed by atoms with Crippen molar-refractivity contribution in [3.05, 3.63) is 0 Å². The highest BCUT2D eigenvalue weighted by molar-refractivity contribution is 5.81. The molecule has 19 heavy (non-hydrogen) atoms. The molecule has 2 N–H and O–H groups in total. The lowest BCUT2D eigenvalue weighted by Crippen LogP contribution is -2.57. The van der Waals surface area contributed by atoms with Gasteiger partial charge in [0.05, 0.1) is 12.1 Å². The summed E-state index contributed by atoms with van der Waals surface area (Å²) in [6.45, 7) is 10.2. The molecule has 2 aliphatic rings. The largest absolute Gasteiger partial charge is 0.370 e. The highest BCUT2D eigenvalue weighted by atomic mass is 15.4. The summed E-state index contributed by atoms with van der Waals surface area (Å²) in [6.07, 6.45) is 7.81. The van der Waals surface area contributed by atoms with Gasteiger partial charge >= 0.3 is 0 Å². The molecule has 110 valence electrons. The lowest BCUT2D eigenvalue weighted by molar-refractivity contribution is 0.0736. The molecule has 0 saturated heterocycles. The predicted molar refractivity (Wildman–Crippen MR) is 82.2 cm³/mol. The van der Waals surface area contributed by atoms with Crippen molar-refractivity contribution in [1.29, 1.82) is 0 Å². The molecule has 1 aliphatic carbocycles. The van der Waals surface area contributed by atoms with Gasteiger partial charge in [0.25, 0.3) is 0 Å². The molecule has 1 heterocycles. The van der Waals surface area contributed by atoms with E-state index in [2.05, 4.69) is 37.6 Å². The molecule has 0 aromatic rings. The van der Waals surface area contributed by atoms with Gasteiger partial charge in [-0.2, -0.15) is 0 Å². The summed E-state index contributed by atoms with van der Waals surface area (Å²) in [5.74, 6) is 2.46. The molecule has 1 spiro atoms. The summed E-state index contributed by atoms with van der Waals surface area (Å²) in [7, 11) is 0. The minimum Gasteiger partial charge on any atom is -0.370 e. The van der Waals surface area contributed by atoms with Crippen molar-refractivity contribution < 1.29 is 0 Å². The van der Waals surface area contributed by atoms with Crippen LogP contribution < -0.4 is 5.73 Å². The molecule has 0 aromatic heterocycles. The van der Waals surface area contributed by atoms with Gasteiger partial charge in [-0.05, 0) is 44.4 Å². The molecule has 3 nitrogen and oxygen atoms in total. The van der Waals surface area contributed by atoms with E-state index in [9.17, 15) is 0 Å². The van der Waals surface area contributed by atoms with E-state index in [4.69, 9.17) is 5.73 Å². The lowest BCUT2D eigenvalue weighted by atomic mass is 9.72. The summed E-state index contributed by atoms with van der Waals surface area (Å²) in [5.41, 5.74) is 6.43. The standard InChI is InChI=1S/C16H31N3/c1-5-13(4)19-15(17)18-11-16(19)8-6-7-14(10-16)9-12(2)3/h12-14H,5-11H2,1-4H3,(H2,17,18). The number of nitrogens with two attached hydrogens (primary N) is 1. The van der Waals surface area contributed by atoms with Gasteiger partial charge in [0.2, 0.25) is 0 Å². The van der Waals surface area contributed by atoms with Gasteiger partial charge in [0, 0.05) is 6.04 Å². The maximum absolute atomic E-state index is 6.18. The summed E-state index contributed by atoms with van der Waals surface area (Å²) in [5, 5.41) is 0. The van der Waals surface area contributed by atoms with E-state index in [0.29, 0.717) is 6.04 Å². The normalized spacial score (nSPS) is 33.0. The Balaban J connectivity index is 2.12. The van der Waals surface area contributed by atoms with E-state index in [1.807, 2.05) is 0 Å². The fraction of sp³-hybridized carbons (Fsp3) is 0.938. The Morgan fingerprint density at radius 1 is 1.42 bits per heavy atom. The van der Waals surface area contributed by atoms with E-state index in [1.54, 1.807) is 0 Å². The first-order valence-corrected chi connectivity index (χ1v) is 8.07. The van der Waals surface area contributed by atoms with Crippen LogP contribution in [0.2, 0.25) is 0 Å². The zero-order valence-corrected chi connectivity index (χ0v) is 13.2. The zero-order valence-electron chi connectivity index (χ0n) is 13.2.